The number of nitrogen functional groups attached to an aromatic ring is 1. The van der Waals surface area contributed by atoms with Gasteiger partial charge in [0.15, 0.2) is 0 Å². The van der Waals surface area contributed by atoms with Gasteiger partial charge in [0, 0.05) is 16.8 Å². The molecule has 1 aromatic heterocycles. The average Bonchev–Trinajstić information content (AvgIpc) is 2.33. The van der Waals surface area contributed by atoms with Crippen molar-refractivity contribution < 1.29 is 0 Å². The van der Waals surface area contributed by atoms with Crippen molar-refractivity contribution in [3.05, 3.63) is 48.2 Å². The minimum absolute atomic E-state index is 0.561. The lowest BCUT2D eigenvalue weighted by Crippen LogP contribution is -1.88. The fourth-order valence-electron chi connectivity index (χ4n) is 1.19. The van der Waals surface area contributed by atoms with Crippen molar-refractivity contribution in [3.8, 4) is 6.07 Å². The molecular formula is C12H9N3S. The summed E-state index contributed by atoms with van der Waals surface area (Å²) < 4.78 is 0. The van der Waals surface area contributed by atoms with Gasteiger partial charge in [0.2, 0.25) is 0 Å². The van der Waals surface area contributed by atoms with Crippen LogP contribution in [-0.2, 0) is 0 Å². The highest BCUT2D eigenvalue weighted by molar-refractivity contribution is 7.99. The lowest BCUT2D eigenvalue weighted by Gasteiger charge is -2.03. The molecule has 0 spiro atoms. The van der Waals surface area contributed by atoms with Gasteiger partial charge in [-0.15, -0.1) is 0 Å². The molecule has 0 bridgehead atoms. The Morgan fingerprint density at radius 2 is 2.00 bits per heavy atom. The lowest BCUT2D eigenvalue weighted by atomic mass is 10.3. The second-order valence-corrected chi connectivity index (χ2v) is 4.20. The molecule has 2 N–H and O–H groups in total. The smallest absolute Gasteiger partial charge is 0.101 e. The summed E-state index contributed by atoms with van der Waals surface area (Å²) in [6, 6.07) is 13.2. The molecule has 0 radical (unpaired) electrons. The lowest BCUT2D eigenvalue weighted by molar-refractivity contribution is 1.12. The van der Waals surface area contributed by atoms with Gasteiger partial charge in [-0.2, -0.15) is 5.26 Å². The molecule has 0 unspecified atom stereocenters. The van der Waals surface area contributed by atoms with Crippen LogP contribution in [0.1, 0.15) is 5.56 Å². The minimum Gasteiger partial charge on any atom is -0.398 e. The number of nitrogens with two attached hydrogens (primary N) is 1. The Kier molecular flexibility index (Phi) is 3.08. The number of benzene rings is 1. The van der Waals surface area contributed by atoms with Crippen molar-refractivity contribution in [2.45, 2.75) is 9.92 Å². The first-order chi connectivity index (χ1) is 7.79. The third kappa shape index (κ3) is 2.33. The summed E-state index contributed by atoms with van der Waals surface area (Å²) >= 11 is 1.49. The maximum atomic E-state index is 8.65. The Hall–Kier alpha value is -1.99. The van der Waals surface area contributed by atoms with E-state index in [9.17, 15) is 0 Å². The van der Waals surface area contributed by atoms with Crippen molar-refractivity contribution in [1.29, 1.82) is 5.26 Å². The molecule has 4 heteroatoms. The number of hydrogen-bond donors (Lipinski definition) is 1. The Morgan fingerprint density at radius 3 is 2.62 bits per heavy atom. The standard InChI is InChI=1S/C12H9N3S/c13-7-9-5-6-12(15-8-9)16-11-4-2-1-3-10(11)14/h1-6,8H,14H2. The molecule has 0 aliphatic carbocycles. The average molecular weight is 227 g/mol. The highest BCUT2D eigenvalue weighted by atomic mass is 32.2. The normalized spacial score (nSPS) is 9.69. The molecule has 0 atom stereocenters. The summed E-state index contributed by atoms with van der Waals surface area (Å²) in [7, 11) is 0. The molecule has 0 saturated heterocycles. The highest BCUT2D eigenvalue weighted by Crippen LogP contribution is 2.30. The Balaban J connectivity index is 2.22. The van der Waals surface area contributed by atoms with E-state index in [0.717, 1.165) is 15.6 Å². The molecule has 0 saturated carbocycles. The zero-order chi connectivity index (χ0) is 11.4. The largest absolute Gasteiger partial charge is 0.398 e. The number of para-hydroxylation sites is 1. The van der Waals surface area contributed by atoms with E-state index < -0.39 is 0 Å². The first-order valence-electron chi connectivity index (χ1n) is 4.68. The quantitative estimate of drug-likeness (QED) is 0.801. The Morgan fingerprint density at radius 1 is 1.19 bits per heavy atom. The van der Waals surface area contributed by atoms with Crippen LogP contribution in [0.3, 0.4) is 0 Å². The topological polar surface area (TPSA) is 62.7 Å². The number of nitrogens with zero attached hydrogens (tertiary/aromatic N) is 2. The van der Waals surface area contributed by atoms with Crippen molar-refractivity contribution in [2.24, 2.45) is 0 Å². The molecule has 0 aliphatic heterocycles. The van der Waals surface area contributed by atoms with Crippen molar-refractivity contribution in [1.82, 2.24) is 4.98 Å². The zero-order valence-corrected chi connectivity index (χ0v) is 9.24. The van der Waals surface area contributed by atoms with Crippen LogP contribution in [-0.4, -0.2) is 4.98 Å². The maximum Gasteiger partial charge on any atom is 0.101 e. The summed E-state index contributed by atoms with van der Waals surface area (Å²) in [6.45, 7) is 0. The van der Waals surface area contributed by atoms with E-state index in [2.05, 4.69) is 4.98 Å². The van der Waals surface area contributed by atoms with Crippen LogP contribution in [0, 0.1) is 11.3 Å². The molecule has 3 nitrogen and oxygen atoms in total. The number of hydrogen-bond acceptors (Lipinski definition) is 4. The number of nitriles is 1. The maximum absolute atomic E-state index is 8.65. The monoisotopic (exact) mass is 227 g/mol. The number of pyridine rings is 1. The predicted molar refractivity (Wildman–Crippen MR) is 63.9 cm³/mol. The Bertz CT molecular complexity index is 529. The van der Waals surface area contributed by atoms with E-state index in [0.29, 0.717) is 5.56 Å². The summed E-state index contributed by atoms with van der Waals surface area (Å²) in [5, 5.41) is 9.48. The molecule has 16 heavy (non-hydrogen) atoms. The number of aromatic nitrogens is 1. The summed E-state index contributed by atoms with van der Waals surface area (Å²) in [5.41, 5.74) is 7.12. The first kappa shape index (κ1) is 10.5. The van der Waals surface area contributed by atoms with Crippen LogP contribution in [0.5, 0.6) is 0 Å². The van der Waals surface area contributed by atoms with Gasteiger partial charge < -0.3 is 5.73 Å². The van der Waals surface area contributed by atoms with Gasteiger partial charge in [-0.3, -0.25) is 0 Å². The molecule has 78 valence electrons. The minimum atomic E-state index is 0.561. The van der Waals surface area contributed by atoms with Gasteiger partial charge >= 0.3 is 0 Å². The van der Waals surface area contributed by atoms with Crippen molar-refractivity contribution >= 4 is 17.4 Å². The number of anilines is 1. The molecule has 0 amide bonds. The molecule has 2 rings (SSSR count). The fourth-order valence-corrected chi connectivity index (χ4v) is 1.99. The number of rotatable bonds is 2. The van der Waals surface area contributed by atoms with Crippen LogP contribution in [0.15, 0.2) is 52.5 Å². The second-order valence-electron chi connectivity index (χ2n) is 3.14. The van der Waals surface area contributed by atoms with Gasteiger partial charge in [-0.05, 0) is 24.3 Å². The van der Waals surface area contributed by atoms with Crippen LogP contribution >= 0.6 is 11.8 Å². The molecule has 0 fully saturated rings. The molecule has 1 heterocycles. The molecule has 2 aromatic rings. The second kappa shape index (κ2) is 4.69. The van der Waals surface area contributed by atoms with E-state index in [1.807, 2.05) is 36.4 Å². The third-order valence-corrected chi connectivity index (χ3v) is 3.04. The van der Waals surface area contributed by atoms with Crippen LogP contribution < -0.4 is 5.73 Å². The van der Waals surface area contributed by atoms with E-state index in [1.165, 1.54) is 11.8 Å². The molecular weight excluding hydrogens is 218 g/mol. The van der Waals surface area contributed by atoms with E-state index in [4.69, 9.17) is 11.0 Å². The highest BCUT2D eigenvalue weighted by Gasteiger charge is 2.01. The molecule has 0 aliphatic rings. The van der Waals surface area contributed by atoms with Gasteiger partial charge in [-0.1, -0.05) is 23.9 Å². The van der Waals surface area contributed by atoms with E-state index >= 15 is 0 Å². The first-order valence-corrected chi connectivity index (χ1v) is 5.50. The van der Waals surface area contributed by atoms with Crippen LogP contribution in [0.4, 0.5) is 5.69 Å². The zero-order valence-electron chi connectivity index (χ0n) is 8.42. The predicted octanol–water partition coefficient (Wildman–Crippen LogP) is 2.69. The molecule has 1 aromatic carbocycles. The van der Waals surface area contributed by atoms with Gasteiger partial charge in [0.05, 0.1) is 5.56 Å². The summed E-state index contributed by atoms with van der Waals surface area (Å²) in [6.07, 6.45) is 1.56. The van der Waals surface area contributed by atoms with E-state index in [1.54, 1.807) is 12.3 Å². The summed E-state index contributed by atoms with van der Waals surface area (Å²) in [5.74, 6) is 0. The summed E-state index contributed by atoms with van der Waals surface area (Å²) in [4.78, 5) is 5.14. The van der Waals surface area contributed by atoms with Crippen LogP contribution in [0.25, 0.3) is 0 Å². The third-order valence-electron chi connectivity index (χ3n) is 2.00. The van der Waals surface area contributed by atoms with Gasteiger partial charge in [0.25, 0.3) is 0 Å². The van der Waals surface area contributed by atoms with Crippen molar-refractivity contribution in [3.63, 3.8) is 0 Å². The van der Waals surface area contributed by atoms with Gasteiger partial charge in [0.1, 0.15) is 11.1 Å². The fraction of sp³-hybridized carbons (Fsp3) is 0. The SMILES string of the molecule is N#Cc1ccc(Sc2ccccc2N)nc1. The van der Waals surface area contributed by atoms with Gasteiger partial charge in [-0.25, -0.2) is 4.98 Å². The Labute approximate surface area is 97.9 Å². The van der Waals surface area contributed by atoms with E-state index in [-0.39, 0.29) is 0 Å². The van der Waals surface area contributed by atoms with Crippen LogP contribution in [0.2, 0.25) is 0 Å². The van der Waals surface area contributed by atoms with Crippen molar-refractivity contribution in [2.75, 3.05) is 5.73 Å².